The summed E-state index contributed by atoms with van der Waals surface area (Å²) in [5.41, 5.74) is 1.81. The summed E-state index contributed by atoms with van der Waals surface area (Å²) in [6.07, 6.45) is 0. The fraction of sp³-hybridized carbons (Fsp3) is 0.294. The predicted molar refractivity (Wildman–Crippen MR) is 82.3 cm³/mol. The van der Waals surface area contributed by atoms with E-state index < -0.39 is 0 Å². The fourth-order valence-electron chi connectivity index (χ4n) is 2.30. The van der Waals surface area contributed by atoms with Gasteiger partial charge < -0.3 is 5.32 Å². The lowest BCUT2D eigenvalue weighted by Gasteiger charge is -2.23. The Hall–Kier alpha value is -1.38. The quantitative estimate of drug-likeness (QED) is 0.820. The molecule has 0 aromatic heterocycles. The second-order valence-corrected chi connectivity index (χ2v) is 5.69. The van der Waals surface area contributed by atoms with Gasteiger partial charge in [0.25, 0.3) is 0 Å². The third kappa shape index (κ3) is 3.81. The molecule has 3 heteroatoms. The lowest BCUT2D eigenvalue weighted by Crippen LogP contribution is -2.25. The van der Waals surface area contributed by atoms with Gasteiger partial charge in [-0.2, -0.15) is 0 Å². The van der Waals surface area contributed by atoms with E-state index in [1.165, 1.54) is 11.6 Å². The largest absolute Gasteiger partial charge is 0.306 e. The van der Waals surface area contributed by atoms with Crippen LogP contribution < -0.4 is 5.32 Å². The molecule has 0 radical (unpaired) electrons. The molecule has 0 aliphatic heterocycles. The molecule has 0 saturated carbocycles. The zero-order valence-corrected chi connectivity index (χ0v) is 12.5. The highest BCUT2D eigenvalue weighted by Crippen LogP contribution is 2.23. The molecular weight excluding hydrogens is 273 g/mol. The van der Waals surface area contributed by atoms with Crippen LogP contribution in [0.1, 0.15) is 31.0 Å². The molecule has 0 bridgehead atoms. The third-order valence-corrected chi connectivity index (χ3v) is 3.58. The molecule has 2 rings (SSSR count). The van der Waals surface area contributed by atoms with Gasteiger partial charge in [-0.1, -0.05) is 55.8 Å². The predicted octanol–water partition coefficient (Wildman–Crippen LogP) is 4.97. The summed E-state index contributed by atoms with van der Waals surface area (Å²) in [5, 5.41) is 3.98. The Balaban J connectivity index is 2.12. The standard InChI is InChI=1S/C17H19ClFN/c1-12(2)17(13-6-4-3-5-7-13)20-11-14-10-15(18)8-9-16(14)19/h3-10,12,17,20H,11H2,1-2H3. The lowest BCUT2D eigenvalue weighted by molar-refractivity contribution is 0.406. The molecule has 1 nitrogen and oxygen atoms in total. The van der Waals surface area contributed by atoms with Crippen LogP contribution in [-0.4, -0.2) is 0 Å². The summed E-state index contributed by atoms with van der Waals surface area (Å²) >= 11 is 5.92. The van der Waals surface area contributed by atoms with Crippen molar-refractivity contribution in [2.45, 2.75) is 26.4 Å². The zero-order chi connectivity index (χ0) is 14.5. The van der Waals surface area contributed by atoms with Gasteiger partial charge in [0.15, 0.2) is 0 Å². The van der Waals surface area contributed by atoms with Gasteiger partial charge in [0, 0.05) is 23.2 Å². The molecular formula is C17H19ClFN. The third-order valence-electron chi connectivity index (χ3n) is 3.35. The minimum absolute atomic E-state index is 0.189. The molecule has 0 fully saturated rings. The zero-order valence-electron chi connectivity index (χ0n) is 11.7. The maximum Gasteiger partial charge on any atom is 0.127 e. The van der Waals surface area contributed by atoms with Crippen molar-refractivity contribution < 1.29 is 4.39 Å². The summed E-state index contributed by atoms with van der Waals surface area (Å²) in [6, 6.07) is 15.1. The SMILES string of the molecule is CC(C)C(NCc1cc(Cl)ccc1F)c1ccccc1. The molecule has 0 aliphatic rings. The van der Waals surface area contributed by atoms with Crippen molar-refractivity contribution in [1.29, 1.82) is 0 Å². The van der Waals surface area contributed by atoms with E-state index in [0.29, 0.717) is 23.0 Å². The van der Waals surface area contributed by atoms with Crippen LogP contribution in [0.2, 0.25) is 5.02 Å². The normalized spacial score (nSPS) is 12.7. The summed E-state index contributed by atoms with van der Waals surface area (Å²) in [7, 11) is 0. The number of halogens is 2. The molecule has 106 valence electrons. The van der Waals surface area contributed by atoms with Crippen molar-refractivity contribution in [3.05, 3.63) is 70.5 Å². The number of hydrogen-bond acceptors (Lipinski definition) is 1. The number of nitrogens with one attached hydrogen (secondary N) is 1. The van der Waals surface area contributed by atoms with E-state index in [-0.39, 0.29) is 11.9 Å². The minimum atomic E-state index is -0.225. The van der Waals surface area contributed by atoms with Crippen molar-refractivity contribution >= 4 is 11.6 Å². The maximum absolute atomic E-state index is 13.7. The average Bonchev–Trinajstić information content (AvgIpc) is 2.43. The van der Waals surface area contributed by atoms with E-state index in [9.17, 15) is 4.39 Å². The summed E-state index contributed by atoms with van der Waals surface area (Å²) in [5.74, 6) is 0.192. The van der Waals surface area contributed by atoms with E-state index in [0.717, 1.165) is 0 Å². The molecule has 0 amide bonds. The molecule has 1 unspecified atom stereocenters. The van der Waals surface area contributed by atoms with Gasteiger partial charge in [-0.05, 0) is 29.7 Å². The number of rotatable bonds is 5. The van der Waals surface area contributed by atoms with Crippen LogP contribution in [0.25, 0.3) is 0 Å². The topological polar surface area (TPSA) is 12.0 Å². The highest BCUT2D eigenvalue weighted by atomic mass is 35.5. The van der Waals surface area contributed by atoms with Gasteiger partial charge >= 0.3 is 0 Å². The summed E-state index contributed by atoms with van der Waals surface area (Å²) < 4.78 is 13.7. The maximum atomic E-state index is 13.7. The van der Waals surface area contributed by atoms with Crippen molar-refractivity contribution in [2.75, 3.05) is 0 Å². The van der Waals surface area contributed by atoms with E-state index in [1.807, 2.05) is 18.2 Å². The Morgan fingerprint density at radius 1 is 1.10 bits per heavy atom. The second-order valence-electron chi connectivity index (χ2n) is 5.25. The van der Waals surface area contributed by atoms with Gasteiger partial charge in [0.05, 0.1) is 0 Å². The van der Waals surface area contributed by atoms with Gasteiger partial charge in [-0.15, -0.1) is 0 Å². The minimum Gasteiger partial charge on any atom is -0.306 e. The van der Waals surface area contributed by atoms with Crippen molar-refractivity contribution in [2.24, 2.45) is 5.92 Å². The molecule has 1 atom stereocenters. The fourth-order valence-corrected chi connectivity index (χ4v) is 2.49. The highest BCUT2D eigenvalue weighted by Gasteiger charge is 2.15. The second kappa shape index (κ2) is 6.87. The molecule has 20 heavy (non-hydrogen) atoms. The van der Waals surface area contributed by atoms with Crippen molar-refractivity contribution in [1.82, 2.24) is 5.32 Å². The van der Waals surface area contributed by atoms with Crippen LogP contribution in [0, 0.1) is 11.7 Å². The summed E-state index contributed by atoms with van der Waals surface area (Å²) in [6.45, 7) is 4.77. The Bertz CT molecular complexity index is 554. The van der Waals surface area contributed by atoms with Crippen molar-refractivity contribution in [3.8, 4) is 0 Å². The first-order valence-electron chi connectivity index (χ1n) is 6.80. The van der Waals surface area contributed by atoms with Gasteiger partial charge in [-0.3, -0.25) is 0 Å². The van der Waals surface area contributed by atoms with Crippen LogP contribution in [0.4, 0.5) is 4.39 Å². The van der Waals surface area contributed by atoms with Crippen LogP contribution in [0.3, 0.4) is 0 Å². The monoisotopic (exact) mass is 291 g/mol. The molecule has 2 aromatic carbocycles. The highest BCUT2D eigenvalue weighted by molar-refractivity contribution is 6.30. The van der Waals surface area contributed by atoms with E-state index in [4.69, 9.17) is 11.6 Å². The van der Waals surface area contributed by atoms with E-state index >= 15 is 0 Å². The van der Waals surface area contributed by atoms with Crippen LogP contribution in [0.5, 0.6) is 0 Å². The van der Waals surface area contributed by atoms with Crippen LogP contribution >= 0.6 is 11.6 Å². The van der Waals surface area contributed by atoms with E-state index in [2.05, 4.69) is 31.3 Å². The molecule has 1 N–H and O–H groups in total. The first-order valence-corrected chi connectivity index (χ1v) is 7.18. The van der Waals surface area contributed by atoms with Crippen LogP contribution in [0.15, 0.2) is 48.5 Å². The molecule has 0 saturated heterocycles. The Labute approximate surface area is 124 Å². The first kappa shape index (κ1) is 15.0. The average molecular weight is 292 g/mol. The van der Waals surface area contributed by atoms with Crippen molar-refractivity contribution in [3.63, 3.8) is 0 Å². The van der Waals surface area contributed by atoms with E-state index in [1.54, 1.807) is 12.1 Å². The Morgan fingerprint density at radius 3 is 2.45 bits per heavy atom. The molecule has 0 spiro atoms. The summed E-state index contributed by atoms with van der Waals surface area (Å²) in [4.78, 5) is 0. The Kier molecular flexibility index (Phi) is 5.16. The van der Waals surface area contributed by atoms with Gasteiger partial charge in [-0.25, -0.2) is 4.39 Å². The lowest BCUT2D eigenvalue weighted by atomic mass is 9.96. The first-order chi connectivity index (χ1) is 9.58. The number of hydrogen-bond donors (Lipinski definition) is 1. The molecule has 0 aliphatic carbocycles. The molecule has 2 aromatic rings. The Morgan fingerprint density at radius 2 is 1.80 bits per heavy atom. The smallest absolute Gasteiger partial charge is 0.127 e. The van der Waals surface area contributed by atoms with Crippen LogP contribution in [-0.2, 0) is 6.54 Å². The van der Waals surface area contributed by atoms with Gasteiger partial charge in [0.1, 0.15) is 5.82 Å². The number of benzene rings is 2. The van der Waals surface area contributed by atoms with Gasteiger partial charge in [0.2, 0.25) is 0 Å². The molecule has 0 heterocycles.